The zero-order chi connectivity index (χ0) is 12.4. The number of hydrogen-bond acceptors (Lipinski definition) is 2. The van der Waals surface area contributed by atoms with Crippen LogP contribution >= 0.6 is 11.8 Å². The highest BCUT2D eigenvalue weighted by Crippen LogP contribution is 2.38. The molecule has 1 aromatic rings. The number of benzene rings is 1. The monoisotopic (exact) mass is 261 g/mol. The molecule has 18 heavy (non-hydrogen) atoms. The lowest BCUT2D eigenvalue weighted by atomic mass is 9.78. The van der Waals surface area contributed by atoms with Gasteiger partial charge in [-0.1, -0.05) is 31.4 Å². The first-order valence-corrected chi connectivity index (χ1v) is 8.23. The van der Waals surface area contributed by atoms with E-state index in [1.165, 1.54) is 55.4 Å². The molecule has 98 valence electrons. The van der Waals surface area contributed by atoms with E-state index in [0.717, 1.165) is 11.2 Å². The van der Waals surface area contributed by atoms with Gasteiger partial charge in [0.05, 0.1) is 0 Å². The van der Waals surface area contributed by atoms with Gasteiger partial charge in [0, 0.05) is 16.2 Å². The van der Waals surface area contributed by atoms with Crippen molar-refractivity contribution in [1.29, 1.82) is 0 Å². The minimum atomic E-state index is 0.268. The summed E-state index contributed by atoms with van der Waals surface area (Å²) < 4.78 is 0. The molecule has 3 rings (SSSR count). The SMILES string of the molecule is NC(c1ccc(SC2CCCC2)cc1)C1CCC1. The highest BCUT2D eigenvalue weighted by atomic mass is 32.2. The fraction of sp³-hybridized carbons (Fsp3) is 0.625. The summed E-state index contributed by atoms with van der Waals surface area (Å²) in [5.41, 5.74) is 7.64. The van der Waals surface area contributed by atoms with Gasteiger partial charge in [0.1, 0.15) is 0 Å². The maximum Gasteiger partial charge on any atom is 0.0323 e. The predicted octanol–water partition coefficient (Wildman–Crippen LogP) is 4.52. The van der Waals surface area contributed by atoms with E-state index in [4.69, 9.17) is 5.73 Å². The molecule has 0 heterocycles. The summed E-state index contributed by atoms with van der Waals surface area (Å²) in [5.74, 6) is 0.735. The number of hydrogen-bond donors (Lipinski definition) is 1. The molecule has 2 fully saturated rings. The molecule has 0 bridgehead atoms. The van der Waals surface area contributed by atoms with Crippen molar-refractivity contribution in [2.24, 2.45) is 11.7 Å². The van der Waals surface area contributed by atoms with Crippen LogP contribution in [-0.2, 0) is 0 Å². The van der Waals surface area contributed by atoms with Crippen LogP contribution in [0.3, 0.4) is 0 Å². The summed E-state index contributed by atoms with van der Waals surface area (Å²) in [6.07, 6.45) is 9.64. The standard InChI is InChI=1S/C16H23NS/c17-16(12-4-3-5-12)13-8-10-15(11-9-13)18-14-6-1-2-7-14/h8-12,14,16H,1-7,17H2. The molecule has 0 amide bonds. The van der Waals surface area contributed by atoms with Crippen LogP contribution < -0.4 is 5.73 Å². The van der Waals surface area contributed by atoms with Crippen molar-refractivity contribution >= 4 is 11.8 Å². The summed E-state index contributed by atoms with van der Waals surface area (Å²) >= 11 is 2.06. The Kier molecular flexibility index (Phi) is 3.95. The number of rotatable bonds is 4. The van der Waals surface area contributed by atoms with Gasteiger partial charge in [-0.25, -0.2) is 0 Å². The van der Waals surface area contributed by atoms with Gasteiger partial charge in [-0.3, -0.25) is 0 Å². The van der Waals surface area contributed by atoms with Crippen LogP contribution in [0.5, 0.6) is 0 Å². The molecule has 1 unspecified atom stereocenters. The molecule has 0 aliphatic heterocycles. The van der Waals surface area contributed by atoms with E-state index >= 15 is 0 Å². The lowest BCUT2D eigenvalue weighted by Gasteiger charge is -2.31. The second-order valence-electron chi connectivity index (χ2n) is 5.81. The minimum Gasteiger partial charge on any atom is -0.324 e. The van der Waals surface area contributed by atoms with Crippen LogP contribution in [0.2, 0.25) is 0 Å². The van der Waals surface area contributed by atoms with E-state index in [2.05, 4.69) is 36.0 Å². The molecule has 1 aromatic carbocycles. The molecule has 2 N–H and O–H groups in total. The summed E-state index contributed by atoms with van der Waals surface area (Å²) in [6, 6.07) is 9.32. The van der Waals surface area contributed by atoms with Crippen molar-refractivity contribution in [1.82, 2.24) is 0 Å². The highest BCUT2D eigenvalue weighted by Gasteiger charge is 2.25. The Labute approximate surface area is 115 Å². The highest BCUT2D eigenvalue weighted by molar-refractivity contribution is 8.00. The van der Waals surface area contributed by atoms with Gasteiger partial charge in [0.15, 0.2) is 0 Å². The Bertz CT molecular complexity index is 377. The van der Waals surface area contributed by atoms with Crippen LogP contribution in [0, 0.1) is 5.92 Å². The first-order chi connectivity index (χ1) is 8.83. The van der Waals surface area contributed by atoms with Gasteiger partial charge >= 0.3 is 0 Å². The Balaban J connectivity index is 1.60. The van der Waals surface area contributed by atoms with Gasteiger partial charge in [-0.15, -0.1) is 11.8 Å². The normalized spacial score (nSPS) is 22.9. The quantitative estimate of drug-likeness (QED) is 0.862. The molecule has 2 aliphatic carbocycles. The van der Waals surface area contributed by atoms with Crippen LogP contribution in [0.25, 0.3) is 0 Å². The van der Waals surface area contributed by atoms with E-state index in [9.17, 15) is 0 Å². The smallest absolute Gasteiger partial charge is 0.0323 e. The molecular formula is C16H23NS. The fourth-order valence-corrected chi connectivity index (χ4v) is 4.29. The van der Waals surface area contributed by atoms with Crippen molar-refractivity contribution < 1.29 is 0 Å². The van der Waals surface area contributed by atoms with E-state index in [-0.39, 0.29) is 6.04 Å². The first-order valence-electron chi connectivity index (χ1n) is 7.35. The van der Waals surface area contributed by atoms with Crippen molar-refractivity contribution in [3.8, 4) is 0 Å². The minimum absolute atomic E-state index is 0.268. The largest absolute Gasteiger partial charge is 0.324 e. The van der Waals surface area contributed by atoms with Crippen LogP contribution in [0.4, 0.5) is 0 Å². The molecule has 0 spiro atoms. The molecule has 0 aromatic heterocycles. The van der Waals surface area contributed by atoms with Gasteiger partial charge in [-0.05, 0) is 49.3 Å². The lowest BCUT2D eigenvalue weighted by Crippen LogP contribution is -2.26. The maximum atomic E-state index is 6.31. The Morgan fingerprint density at radius 1 is 0.944 bits per heavy atom. The summed E-state index contributed by atoms with van der Waals surface area (Å²) in [6.45, 7) is 0. The number of thioether (sulfide) groups is 1. The number of nitrogens with two attached hydrogens (primary N) is 1. The molecule has 1 atom stereocenters. The van der Waals surface area contributed by atoms with E-state index in [1.807, 2.05) is 0 Å². The van der Waals surface area contributed by atoms with Crippen molar-refractivity contribution in [3.63, 3.8) is 0 Å². The van der Waals surface area contributed by atoms with Crippen molar-refractivity contribution in [2.45, 2.75) is 61.1 Å². The molecule has 2 aliphatic rings. The third-order valence-corrected chi connectivity index (χ3v) is 5.88. The molecular weight excluding hydrogens is 238 g/mol. The Morgan fingerprint density at radius 2 is 1.61 bits per heavy atom. The summed E-state index contributed by atoms with van der Waals surface area (Å²) in [5, 5.41) is 0.858. The molecule has 0 radical (unpaired) electrons. The van der Waals surface area contributed by atoms with Gasteiger partial charge in [0.2, 0.25) is 0 Å². The zero-order valence-corrected chi connectivity index (χ0v) is 11.8. The van der Waals surface area contributed by atoms with Crippen molar-refractivity contribution in [2.75, 3.05) is 0 Å². The van der Waals surface area contributed by atoms with E-state index in [0.29, 0.717) is 0 Å². The topological polar surface area (TPSA) is 26.0 Å². The van der Waals surface area contributed by atoms with Crippen LogP contribution in [0.15, 0.2) is 29.2 Å². The molecule has 2 heteroatoms. The second kappa shape index (κ2) is 5.66. The maximum absolute atomic E-state index is 6.31. The Morgan fingerprint density at radius 3 is 2.17 bits per heavy atom. The third kappa shape index (κ3) is 2.75. The molecule has 2 saturated carbocycles. The second-order valence-corrected chi connectivity index (χ2v) is 7.18. The van der Waals surface area contributed by atoms with E-state index < -0.39 is 0 Å². The van der Waals surface area contributed by atoms with Crippen LogP contribution in [-0.4, -0.2) is 5.25 Å². The molecule has 0 saturated heterocycles. The van der Waals surface area contributed by atoms with Gasteiger partial charge in [0.25, 0.3) is 0 Å². The van der Waals surface area contributed by atoms with Crippen molar-refractivity contribution in [3.05, 3.63) is 29.8 Å². The third-order valence-electron chi connectivity index (χ3n) is 4.53. The van der Waals surface area contributed by atoms with Crippen LogP contribution in [0.1, 0.15) is 56.6 Å². The fourth-order valence-electron chi connectivity index (χ4n) is 3.04. The average molecular weight is 261 g/mol. The Hall–Kier alpha value is -0.470. The van der Waals surface area contributed by atoms with Gasteiger partial charge in [-0.2, -0.15) is 0 Å². The zero-order valence-electron chi connectivity index (χ0n) is 11.0. The first kappa shape index (κ1) is 12.6. The summed E-state index contributed by atoms with van der Waals surface area (Å²) in [7, 11) is 0. The van der Waals surface area contributed by atoms with Gasteiger partial charge < -0.3 is 5.73 Å². The molecule has 1 nitrogen and oxygen atoms in total. The summed E-state index contributed by atoms with van der Waals surface area (Å²) in [4.78, 5) is 1.42. The van der Waals surface area contributed by atoms with E-state index in [1.54, 1.807) is 0 Å². The average Bonchev–Trinajstić information content (AvgIpc) is 2.80. The predicted molar refractivity (Wildman–Crippen MR) is 78.8 cm³/mol. The lowest BCUT2D eigenvalue weighted by molar-refractivity contribution is 0.264.